The molecule has 0 amide bonds. The van der Waals surface area contributed by atoms with Crippen LogP contribution in [0.25, 0.3) is 0 Å². The molecule has 16 heavy (non-hydrogen) atoms. The number of nitrogens with one attached hydrogen (secondary N) is 1. The first-order valence-corrected chi connectivity index (χ1v) is 5.23. The predicted octanol–water partition coefficient (Wildman–Crippen LogP) is 1.88. The minimum absolute atomic E-state index is 0.281. The van der Waals surface area contributed by atoms with E-state index in [9.17, 15) is 0 Å². The van der Waals surface area contributed by atoms with Crippen molar-refractivity contribution in [2.45, 2.75) is 26.3 Å². The first-order valence-electron chi connectivity index (χ1n) is 5.23. The van der Waals surface area contributed by atoms with Crippen LogP contribution in [0.2, 0.25) is 0 Å². The Morgan fingerprint density at radius 1 is 1.38 bits per heavy atom. The van der Waals surface area contributed by atoms with Crippen molar-refractivity contribution in [3.05, 3.63) is 35.9 Å². The number of anilines is 1. The summed E-state index contributed by atoms with van der Waals surface area (Å²) in [4.78, 5) is 8.42. The van der Waals surface area contributed by atoms with Crippen LogP contribution in [-0.4, -0.2) is 21.2 Å². The molecule has 0 aromatic carbocycles. The summed E-state index contributed by atoms with van der Waals surface area (Å²) in [7, 11) is 0. The molecule has 5 nitrogen and oxygen atoms in total. The number of hydrogen-bond donors (Lipinski definition) is 1. The molecule has 2 rings (SSSR count). The topological polar surface area (TPSA) is 63.8 Å². The molecule has 84 valence electrons. The number of rotatable bonds is 4. The highest BCUT2D eigenvalue weighted by Crippen LogP contribution is 2.08. The molecule has 0 spiro atoms. The smallest absolute Gasteiger partial charge is 0.321 e. The lowest BCUT2D eigenvalue weighted by Crippen LogP contribution is -2.09. The Morgan fingerprint density at radius 2 is 2.25 bits per heavy atom. The zero-order valence-corrected chi connectivity index (χ0v) is 9.34. The Balaban J connectivity index is 2.03. The first-order chi connectivity index (χ1) is 7.74. The summed E-state index contributed by atoms with van der Waals surface area (Å²) in [5.74, 6) is 0.641. The molecule has 0 radical (unpaired) electrons. The molecule has 0 aliphatic heterocycles. The van der Waals surface area contributed by atoms with E-state index in [0.717, 1.165) is 5.69 Å². The number of pyridine rings is 1. The lowest BCUT2D eigenvalue weighted by atomic mass is 10.3. The number of nitrogens with zero attached hydrogens (tertiary/aromatic N) is 3. The first kappa shape index (κ1) is 10.6. The van der Waals surface area contributed by atoms with Gasteiger partial charge in [0, 0.05) is 17.9 Å². The largest absolute Gasteiger partial charge is 0.336 e. The maximum atomic E-state index is 5.05. The van der Waals surface area contributed by atoms with Gasteiger partial charge in [0.2, 0.25) is 0 Å². The average molecular weight is 218 g/mol. The van der Waals surface area contributed by atoms with Gasteiger partial charge in [0.1, 0.15) is 0 Å². The molecular weight excluding hydrogens is 204 g/mol. The van der Waals surface area contributed by atoms with Crippen molar-refractivity contribution in [1.82, 2.24) is 15.1 Å². The monoisotopic (exact) mass is 218 g/mol. The van der Waals surface area contributed by atoms with Gasteiger partial charge in [0.15, 0.2) is 5.82 Å². The zero-order chi connectivity index (χ0) is 11.4. The molecule has 2 aromatic rings. The van der Waals surface area contributed by atoms with Crippen molar-refractivity contribution >= 4 is 6.01 Å². The minimum Gasteiger partial charge on any atom is -0.336 e. The van der Waals surface area contributed by atoms with Gasteiger partial charge in [0.05, 0.1) is 6.42 Å². The van der Waals surface area contributed by atoms with Crippen LogP contribution < -0.4 is 5.32 Å². The summed E-state index contributed by atoms with van der Waals surface area (Å²) >= 11 is 0. The van der Waals surface area contributed by atoms with E-state index in [4.69, 9.17) is 4.52 Å². The molecule has 0 bridgehead atoms. The number of aromatic nitrogens is 3. The third kappa shape index (κ3) is 2.79. The van der Waals surface area contributed by atoms with Crippen molar-refractivity contribution in [3.63, 3.8) is 0 Å². The Labute approximate surface area is 93.9 Å². The van der Waals surface area contributed by atoms with Gasteiger partial charge in [-0.3, -0.25) is 4.98 Å². The molecule has 0 aliphatic carbocycles. The molecule has 0 atom stereocenters. The van der Waals surface area contributed by atoms with Crippen LogP contribution in [0.3, 0.4) is 0 Å². The Morgan fingerprint density at radius 3 is 2.94 bits per heavy atom. The maximum Gasteiger partial charge on any atom is 0.321 e. The van der Waals surface area contributed by atoms with Crippen LogP contribution in [-0.2, 0) is 6.42 Å². The van der Waals surface area contributed by atoms with Gasteiger partial charge < -0.3 is 9.84 Å². The summed E-state index contributed by atoms with van der Waals surface area (Å²) in [6.07, 6.45) is 2.34. The molecule has 0 fully saturated rings. The fourth-order valence-corrected chi connectivity index (χ4v) is 1.30. The van der Waals surface area contributed by atoms with Gasteiger partial charge in [-0.05, 0) is 26.0 Å². The van der Waals surface area contributed by atoms with E-state index in [-0.39, 0.29) is 6.04 Å². The molecular formula is C11H14N4O. The molecule has 2 aromatic heterocycles. The highest BCUT2D eigenvalue weighted by Gasteiger charge is 2.07. The minimum atomic E-state index is 0.281. The molecule has 2 heterocycles. The SMILES string of the molecule is CC(C)Nc1nc(Cc2ccccn2)no1. The van der Waals surface area contributed by atoms with Gasteiger partial charge >= 0.3 is 6.01 Å². The second-order valence-corrected chi connectivity index (χ2v) is 3.81. The Bertz CT molecular complexity index is 438. The predicted molar refractivity (Wildman–Crippen MR) is 60.1 cm³/mol. The summed E-state index contributed by atoms with van der Waals surface area (Å²) < 4.78 is 5.05. The molecule has 0 unspecified atom stereocenters. The van der Waals surface area contributed by atoms with Gasteiger partial charge in [-0.1, -0.05) is 11.2 Å². The fourth-order valence-electron chi connectivity index (χ4n) is 1.30. The van der Waals surface area contributed by atoms with Crippen LogP contribution in [0, 0.1) is 0 Å². The van der Waals surface area contributed by atoms with Crippen molar-refractivity contribution in [2.24, 2.45) is 0 Å². The van der Waals surface area contributed by atoms with Gasteiger partial charge in [0.25, 0.3) is 0 Å². The third-order valence-electron chi connectivity index (χ3n) is 1.95. The van der Waals surface area contributed by atoms with Crippen LogP contribution >= 0.6 is 0 Å². The van der Waals surface area contributed by atoms with E-state index in [1.54, 1.807) is 6.20 Å². The van der Waals surface area contributed by atoms with Crippen molar-refractivity contribution in [1.29, 1.82) is 0 Å². The molecule has 0 saturated carbocycles. The van der Waals surface area contributed by atoms with E-state index in [0.29, 0.717) is 18.3 Å². The second kappa shape index (κ2) is 4.74. The standard InChI is InChI=1S/C11H14N4O/c1-8(2)13-11-14-10(15-16-11)7-9-5-3-4-6-12-9/h3-6,8H,7H2,1-2H3,(H,13,14,15). The molecule has 0 saturated heterocycles. The van der Waals surface area contributed by atoms with Crippen molar-refractivity contribution in [3.8, 4) is 0 Å². The second-order valence-electron chi connectivity index (χ2n) is 3.81. The van der Waals surface area contributed by atoms with Crippen LogP contribution in [0.15, 0.2) is 28.9 Å². The highest BCUT2D eigenvalue weighted by molar-refractivity contribution is 5.21. The Hall–Kier alpha value is -1.91. The lowest BCUT2D eigenvalue weighted by molar-refractivity contribution is 0.421. The van der Waals surface area contributed by atoms with Crippen molar-refractivity contribution in [2.75, 3.05) is 5.32 Å². The zero-order valence-electron chi connectivity index (χ0n) is 9.34. The summed E-state index contributed by atoms with van der Waals surface area (Å²) in [5.41, 5.74) is 0.930. The van der Waals surface area contributed by atoms with Gasteiger partial charge in [-0.25, -0.2) is 0 Å². The van der Waals surface area contributed by atoms with E-state index >= 15 is 0 Å². The Kier molecular flexibility index (Phi) is 3.14. The van der Waals surface area contributed by atoms with Gasteiger partial charge in [-0.2, -0.15) is 4.98 Å². The molecule has 1 N–H and O–H groups in total. The van der Waals surface area contributed by atoms with Crippen LogP contribution in [0.4, 0.5) is 6.01 Å². The van der Waals surface area contributed by atoms with Crippen molar-refractivity contribution < 1.29 is 4.52 Å². The summed E-state index contributed by atoms with van der Waals surface area (Å²) in [6, 6.07) is 6.50. The van der Waals surface area contributed by atoms with E-state index in [1.807, 2.05) is 32.0 Å². The fraction of sp³-hybridized carbons (Fsp3) is 0.364. The van der Waals surface area contributed by atoms with Gasteiger partial charge in [-0.15, -0.1) is 0 Å². The number of hydrogen-bond acceptors (Lipinski definition) is 5. The quantitative estimate of drug-likeness (QED) is 0.848. The average Bonchev–Trinajstić information content (AvgIpc) is 2.66. The summed E-state index contributed by atoms with van der Waals surface area (Å²) in [5, 5.41) is 6.93. The van der Waals surface area contributed by atoms with Crippen LogP contribution in [0.1, 0.15) is 25.4 Å². The van der Waals surface area contributed by atoms with Crippen LogP contribution in [0.5, 0.6) is 0 Å². The van der Waals surface area contributed by atoms with E-state index in [1.165, 1.54) is 0 Å². The molecule has 5 heteroatoms. The normalized spacial score (nSPS) is 10.7. The highest BCUT2D eigenvalue weighted by atomic mass is 16.5. The maximum absolute atomic E-state index is 5.05. The molecule has 0 aliphatic rings. The van der Waals surface area contributed by atoms with E-state index < -0.39 is 0 Å². The summed E-state index contributed by atoms with van der Waals surface area (Å²) in [6.45, 7) is 4.03. The third-order valence-corrected chi connectivity index (χ3v) is 1.95. The lowest BCUT2D eigenvalue weighted by Gasteiger charge is -2.01. The van der Waals surface area contributed by atoms with E-state index in [2.05, 4.69) is 20.4 Å².